The van der Waals surface area contributed by atoms with E-state index in [0.717, 1.165) is 89.7 Å². The van der Waals surface area contributed by atoms with Gasteiger partial charge in [-0.3, -0.25) is 0 Å². The predicted octanol–water partition coefficient (Wildman–Crippen LogP) is 19.5. The minimum atomic E-state index is -3.49. The largest absolute Gasteiger partial charge is 0.435 e. The number of benzene rings is 12. The highest BCUT2D eigenvalue weighted by atomic mass is 28.3. The molecular formula is C82H64N4O2Si. The average molecular weight is 1170 g/mol. The molecule has 89 heavy (non-hydrogen) atoms. The Bertz CT molecular complexity index is 4670. The fourth-order valence-corrected chi connectivity index (χ4v) is 19.5. The van der Waals surface area contributed by atoms with Crippen LogP contribution in [0, 0.1) is 0 Å². The zero-order valence-electron chi connectivity index (χ0n) is 50.7. The van der Waals surface area contributed by atoms with Gasteiger partial charge in [-0.05, 0) is 161 Å². The second-order valence-electron chi connectivity index (χ2n) is 25.7. The second kappa shape index (κ2) is 20.8. The minimum absolute atomic E-state index is 0.0619. The molecule has 428 valence electrons. The zero-order valence-corrected chi connectivity index (χ0v) is 51.7. The highest BCUT2D eigenvalue weighted by Gasteiger charge is 2.57. The molecule has 0 fully saturated rings. The first-order chi connectivity index (χ1) is 43.4. The van der Waals surface area contributed by atoms with Crippen LogP contribution in [-0.2, 0) is 10.8 Å². The van der Waals surface area contributed by atoms with Crippen LogP contribution in [0.3, 0.4) is 0 Å². The lowest BCUT2D eigenvalue weighted by Gasteiger charge is -2.32. The summed E-state index contributed by atoms with van der Waals surface area (Å²) in [6, 6.07) is 101. The average Bonchev–Trinajstić information content (AvgIpc) is 1.50. The van der Waals surface area contributed by atoms with Gasteiger partial charge >= 0.3 is 0 Å². The summed E-state index contributed by atoms with van der Waals surface area (Å²) in [5.74, 6) is 1.07. The van der Waals surface area contributed by atoms with Gasteiger partial charge in [-0.2, -0.15) is 0 Å². The molecular weight excluding hydrogens is 1100 g/mol. The van der Waals surface area contributed by atoms with Crippen molar-refractivity contribution in [1.82, 2.24) is 9.97 Å². The molecule has 2 aliphatic heterocycles. The summed E-state index contributed by atoms with van der Waals surface area (Å²) in [7, 11) is -3.49. The third-order valence-electron chi connectivity index (χ3n) is 18.3. The summed E-state index contributed by atoms with van der Waals surface area (Å²) < 4.78 is 15.2. The summed E-state index contributed by atoms with van der Waals surface area (Å²) in [5, 5.41) is 5.02. The Hall–Kier alpha value is -10.6. The lowest BCUT2D eigenvalue weighted by atomic mass is 9.87. The van der Waals surface area contributed by atoms with Gasteiger partial charge in [-0.1, -0.05) is 236 Å². The first kappa shape index (κ1) is 53.8. The van der Waals surface area contributed by atoms with Crippen molar-refractivity contribution in [3.63, 3.8) is 0 Å². The van der Waals surface area contributed by atoms with Gasteiger partial charge in [0.25, 0.3) is 0 Å². The molecule has 0 saturated carbocycles. The van der Waals surface area contributed by atoms with Crippen molar-refractivity contribution >= 4 is 85.1 Å². The van der Waals surface area contributed by atoms with Gasteiger partial charge in [0, 0.05) is 45.0 Å². The summed E-state index contributed by atoms with van der Waals surface area (Å²) in [6.45, 7) is 13.6. The normalized spacial score (nSPS) is 12.9. The van der Waals surface area contributed by atoms with Crippen molar-refractivity contribution in [3.8, 4) is 67.4 Å². The van der Waals surface area contributed by atoms with Gasteiger partial charge in [-0.25, -0.2) is 9.97 Å². The van der Waals surface area contributed by atoms with Crippen LogP contribution in [0.5, 0.6) is 0 Å². The summed E-state index contributed by atoms with van der Waals surface area (Å²) >= 11 is 0. The molecule has 16 rings (SSSR count). The van der Waals surface area contributed by atoms with Crippen LogP contribution in [0.2, 0.25) is 0 Å². The van der Waals surface area contributed by atoms with E-state index in [0.29, 0.717) is 22.9 Å². The highest BCUT2D eigenvalue weighted by Crippen LogP contribution is 2.52. The van der Waals surface area contributed by atoms with Gasteiger partial charge in [0.05, 0.1) is 11.4 Å². The van der Waals surface area contributed by atoms with Crippen LogP contribution in [0.1, 0.15) is 52.7 Å². The minimum Gasteiger partial charge on any atom is -0.435 e. The van der Waals surface area contributed by atoms with Gasteiger partial charge in [0.2, 0.25) is 11.8 Å². The number of hydrogen-bond acceptors (Lipinski definition) is 6. The Labute approximate surface area is 520 Å². The SMILES string of the molecule is CC(C)(C)c1ccc(N(c2ccc(-c3ccccc3)cc2)c2cc3c(c4oc(-c5ccccc5)nc24)-c2c(cc(N(c4ccc(-c5ccccc5)cc4)c4ccc(C(C)(C)C)cc4)c4nc(-c5ccccc5)oc24)[Si]32c3ccccc3-c3ccccc32)cc1. The van der Waals surface area contributed by atoms with E-state index in [4.69, 9.17) is 18.8 Å². The second-order valence-corrected chi connectivity index (χ2v) is 29.3. The Balaban J connectivity index is 1.05. The molecule has 0 saturated heterocycles. The molecule has 0 aliphatic carbocycles. The lowest BCUT2D eigenvalue weighted by Crippen LogP contribution is -2.70. The Morgan fingerprint density at radius 1 is 0.303 bits per heavy atom. The molecule has 14 aromatic rings. The lowest BCUT2D eigenvalue weighted by molar-refractivity contribution is 0.590. The van der Waals surface area contributed by atoms with E-state index in [1.54, 1.807) is 0 Å². The van der Waals surface area contributed by atoms with E-state index in [-0.39, 0.29) is 10.8 Å². The first-order valence-electron chi connectivity index (χ1n) is 30.8. The summed E-state index contributed by atoms with van der Waals surface area (Å²) in [4.78, 5) is 16.2. The van der Waals surface area contributed by atoms with E-state index in [2.05, 4.69) is 318 Å². The van der Waals surface area contributed by atoms with E-state index < -0.39 is 8.07 Å². The van der Waals surface area contributed by atoms with Crippen molar-refractivity contribution in [2.75, 3.05) is 9.80 Å². The van der Waals surface area contributed by atoms with Gasteiger partial charge in [0.15, 0.2) is 19.2 Å². The van der Waals surface area contributed by atoms with Crippen LogP contribution < -0.4 is 30.5 Å². The first-order valence-corrected chi connectivity index (χ1v) is 32.8. The Morgan fingerprint density at radius 2 is 0.596 bits per heavy atom. The molecule has 6 nitrogen and oxygen atoms in total. The summed E-state index contributed by atoms with van der Waals surface area (Å²) in [6.07, 6.45) is 0. The number of anilines is 6. The van der Waals surface area contributed by atoms with Crippen molar-refractivity contribution in [2.24, 2.45) is 0 Å². The quantitative estimate of drug-likeness (QED) is 0.127. The molecule has 0 unspecified atom stereocenters. The van der Waals surface area contributed by atoms with Crippen molar-refractivity contribution in [1.29, 1.82) is 0 Å². The van der Waals surface area contributed by atoms with Crippen LogP contribution in [0.15, 0.2) is 288 Å². The predicted molar refractivity (Wildman–Crippen MR) is 372 cm³/mol. The number of fused-ring (bicyclic) bond motifs is 14. The standard InChI is InChI=1S/C82H64N4O2Si/c1-81(2,3)59-39-47-63(48-40-59)85(61-43-35-55(36-44-61)53-23-11-7-12-24-53)67-51-71-73(77-75(67)83-79(87-77)57-27-15-9-16-28-57)74-72(89(71)69-33-21-19-31-65(69)66-32-20-22-34-70(66)89)52-68(76-78(74)88-80(84-76)58-29-17-10-18-30-58)86(64-49-41-60(42-50-64)82(4,5)6)62-45-37-56(38-46-62)54-25-13-8-14-26-54/h7-52H,1-6H3. The summed E-state index contributed by atoms with van der Waals surface area (Å²) in [5.41, 5.74) is 21.9. The van der Waals surface area contributed by atoms with Crippen LogP contribution in [0.4, 0.5) is 34.1 Å². The number of nitrogens with zero attached hydrogens (tertiary/aromatic N) is 4. The fraction of sp³-hybridized carbons (Fsp3) is 0.0976. The molecule has 0 radical (unpaired) electrons. The van der Waals surface area contributed by atoms with E-state index in [1.165, 1.54) is 43.0 Å². The van der Waals surface area contributed by atoms with Crippen molar-refractivity contribution < 1.29 is 8.83 Å². The number of hydrogen-bond donors (Lipinski definition) is 0. The Kier molecular flexibility index (Phi) is 12.6. The van der Waals surface area contributed by atoms with E-state index >= 15 is 0 Å². The highest BCUT2D eigenvalue weighted by molar-refractivity contribution is 7.24. The maximum absolute atomic E-state index is 7.59. The number of oxazole rings is 2. The number of rotatable bonds is 10. The molecule has 0 amide bonds. The monoisotopic (exact) mass is 1160 g/mol. The van der Waals surface area contributed by atoms with Crippen LogP contribution in [0.25, 0.3) is 89.6 Å². The molecule has 0 atom stereocenters. The van der Waals surface area contributed by atoms with Crippen LogP contribution in [-0.4, -0.2) is 18.0 Å². The van der Waals surface area contributed by atoms with Crippen LogP contribution >= 0.6 is 0 Å². The van der Waals surface area contributed by atoms with Gasteiger partial charge in [-0.15, -0.1) is 0 Å². The molecule has 2 aliphatic rings. The van der Waals surface area contributed by atoms with E-state index in [9.17, 15) is 0 Å². The van der Waals surface area contributed by atoms with E-state index in [1.807, 2.05) is 12.1 Å². The van der Waals surface area contributed by atoms with Gasteiger partial charge in [0.1, 0.15) is 11.0 Å². The Morgan fingerprint density at radius 3 is 0.933 bits per heavy atom. The molecule has 0 N–H and O–H groups in total. The molecule has 2 aromatic heterocycles. The molecule has 1 spiro atoms. The maximum Gasteiger partial charge on any atom is 0.227 e. The van der Waals surface area contributed by atoms with Gasteiger partial charge < -0.3 is 18.6 Å². The molecule has 0 bridgehead atoms. The third kappa shape index (κ3) is 8.82. The third-order valence-corrected chi connectivity index (χ3v) is 23.2. The molecule has 7 heteroatoms. The number of aromatic nitrogens is 2. The molecule has 12 aromatic carbocycles. The maximum atomic E-state index is 7.59. The van der Waals surface area contributed by atoms with Crippen molar-refractivity contribution in [2.45, 2.75) is 52.4 Å². The smallest absolute Gasteiger partial charge is 0.227 e. The van der Waals surface area contributed by atoms with Crippen molar-refractivity contribution in [3.05, 3.63) is 290 Å². The fourth-order valence-electron chi connectivity index (χ4n) is 13.9. The topological polar surface area (TPSA) is 58.5 Å². The molecule has 4 heterocycles. The zero-order chi connectivity index (χ0) is 60.2.